The third-order valence-electron chi connectivity index (χ3n) is 5.18. The molecule has 1 saturated heterocycles. The van der Waals surface area contributed by atoms with E-state index in [9.17, 15) is 4.39 Å². The minimum absolute atomic E-state index is 0.333. The topological polar surface area (TPSA) is 59.5 Å². The Hall–Kier alpha value is -2.45. The lowest BCUT2D eigenvalue weighted by Gasteiger charge is -2.16. The molecule has 1 aliphatic rings. The highest BCUT2D eigenvalue weighted by atomic mass is 79.9. The van der Waals surface area contributed by atoms with Gasteiger partial charge >= 0.3 is 0 Å². The van der Waals surface area contributed by atoms with E-state index in [1.165, 1.54) is 44.7 Å². The van der Waals surface area contributed by atoms with Crippen LogP contribution in [0.3, 0.4) is 0 Å². The van der Waals surface area contributed by atoms with Gasteiger partial charge in [-0.3, -0.25) is 0 Å². The van der Waals surface area contributed by atoms with Gasteiger partial charge in [-0.15, -0.1) is 0 Å². The summed E-state index contributed by atoms with van der Waals surface area (Å²) < 4.78 is 26.4. The second kappa shape index (κ2) is 18.7. The number of benzene rings is 2. The van der Waals surface area contributed by atoms with E-state index in [1.807, 2.05) is 39.8 Å². The summed E-state index contributed by atoms with van der Waals surface area (Å²) in [6.45, 7) is 16.3. The van der Waals surface area contributed by atoms with E-state index in [-0.39, 0.29) is 5.82 Å². The Morgan fingerprint density at radius 2 is 1.68 bits per heavy atom. The van der Waals surface area contributed by atoms with E-state index in [4.69, 9.17) is 9.47 Å². The number of halogens is 2. The van der Waals surface area contributed by atoms with Crippen LogP contribution in [0.2, 0.25) is 0 Å². The average molecular weight is 580 g/mol. The normalized spacial score (nSPS) is 12.4. The van der Waals surface area contributed by atoms with E-state index in [2.05, 4.69) is 50.0 Å². The minimum atomic E-state index is -0.374. The summed E-state index contributed by atoms with van der Waals surface area (Å²) in [6, 6.07) is 8.49. The van der Waals surface area contributed by atoms with Crippen LogP contribution < -0.4 is 14.8 Å². The van der Waals surface area contributed by atoms with Gasteiger partial charge in [0.1, 0.15) is 18.0 Å². The molecule has 0 bridgehead atoms. The SMILES string of the molecule is CC.CC.CCC.COc1cc2c(Nc3ccc(Br)cc3F)ncnc2cc1OCCCN1CCCC1. The van der Waals surface area contributed by atoms with Crippen LogP contribution in [0.1, 0.15) is 67.2 Å². The number of likely N-dealkylation sites (tertiary alicyclic amines) is 1. The Kier molecular flexibility index (Phi) is 16.5. The van der Waals surface area contributed by atoms with Gasteiger partial charge in [-0.1, -0.05) is 63.9 Å². The molecule has 6 nitrogen and oxygen atoms in total. The summed E-state index contributed by atoms with van der Waals surface area (Å²) in [7, 11) is 1.60. The van der Waals surface area contributed by atoms with Crippen molar-refractivity contribution in [2.45, 2.75) is 67.2 Å². The Morgan fingerprint density at radius 3 is 2.30 bits per heavy atom. The summed E-state index contributed by atoms with van der Waals surface area (Å²) in [6.07, 6.45) is 6.24. The molecule has 206 valence electrons. The van der Waals surface area contributed by atoms with Crippen molar-refractivity contribution in [1.82, 2.24) is 14.9 Å². The summed E-state index contributed by atoms with van der Waals surface area (Å²) in [4.78, 5) is 11.1. The Labute approximate surface area is 231 Å². The molecule has 1 aromatic heterocycles. The number of rotatable bonds is 8. The van der Waals surface area contributed by atoms with E-state index >= 15 is 0 Å². The van der Waals surface area contributed by atoms with Crippen LogP contribution in [0, 0.1) is 5.82 Å². The minimum Gasteiger partial charge on any atom is -0.493 e. The zero-order valence-corrected chi connectivity index (χ0v) is 25.1. The van der Waals surface area contributed by atoms with Gasteiger partial charge in [0.2, 0.25) is 0 Å². The Balaban J connectivity index is 0.000000894. The third-order valence-corrected chi connectivity index (χ3v) is 5.67. The molecular formula is C29H44BrFN4O2. The maximum Gasteiger partial charge on any atom is 0.163 e. The van der Waals surface area contributed by atoms with Gasteiger partial charge < -0.3 is 19.7 Å². The molecular weight excluding hydrogens is 535 g/mol. The number of hydrogen-bond donors (Lipinski definition) is 1. The number of fused-ring (bicyclic) bond motifs is 1. The number of methoxy groups -OCH3 is 1. The maximum atomic E-state index is 14.2. The molecule has 0 unspecified atom stereocenters. The second-order valence-corrected chi connectivity index (χ2v) is 8.87. The smallest absolute Gasteiger partial charge is 0.163 e. The first-order valence-electron chi connectivity index (χ1n) is 13.5. The number of nitrogens with zero attached hydrogens (tertiary/aromatic N) is 3. The zero-order valence-electron chi connectivity index (χ0n) is 23.5. The molecule has 0 spiro atoms. The monoisotopic (exact) mass is 578 g/mol. The van der Waals surface area contributed by atoms with Crippen LogP contribution in [0.15, 0.2) is 41.1 Å². The maximum absolute atomic E-state index is 14.2. The molecule has 0 saturated carbocycles. The number of ether oxygens (including phenoxy) is 2. The standard InChI is InChI=1S/C22H24BrFN4O2.C3H8.2C2H6/c1-29-20-12-16-19(13-21(20)30-10-4-9-28-7-2-3-8-28)25-14-26-22(16)27-18-6-5-15(23)11-17(18)24;1-3-2;2*1-2/h5-6,11-14H,2-4,7-10H2,1H3,(H,25,26,27);3H2,1-2H3;2*1-2H3. The molecule has 0 amide bonds. The van der Waals surface area contributed by atoms with Gasteiger partial charge in [0.15, 0.2) is 11.5 Å². The lowest BCUT2D eigenvalue weighted by Crippen LogP contribution is -2.21. The molecule has 0 atom stereocenters. The molecule has 8 heteroatoms. The fourth-order valence-corrected chi connectivity index (χ4v) is 3.96. The predicted octanol–water partition coefficient (Wildman–Crippen LogP) is 8.62. The number of nitrogens with one attached hydrogen (secondary N) is 1. The zero-order chi connectivity index (χ0) is 27.6. The molecule has 1 fully saturated rings. The first kappa shape index (κ1) is 32.6. The van der Waals surface area contributed by atoms with Gasteiger partial charge in [-0.2, -0.15) is 0 Å². The Morgan fingerprint density at radius 1 is 1.00 bits per heavy atom. The van der Waals surface area contributed by atoms with Gasteiger partial charge in [0, 0.05) is 22.5 Å². The van der Waals surface area contributed by atoms with E-state index in [0.29, 0.717) is 39.6 Å². The van der Waals surface area contributed by atoms with Crippen molar-refractivity contribution in [3.8, 4) is 11.5 Å². The highest BCUT2D eigenvalue weighted by Crippen LogP contribution is 2.35. The molecule has 1 N–H and O–H groups in total. The first-order valence-corrected chi connectivity index (χ1v) is 14.2. The van der Waals surface area contributed by atoms with Crippen molar-refractivity contribution >= 4 is 38.3 Å². The van der Waals surface area contributed by atoms with Gasteiger partial charge in [-0.25, -0.2) is 14.4 Å². The number of hydrogen-bond acceptors (Lipinski definition) is 6. The number of aromatic nitrogens is 2. The first-order chi connectivity index (χ1) is 18.0. The van der Waals surface area contributed by atoms with E-state index < -0.39 is 0 Å². The molecule has 4 rings (SSSR count). The van der Waals surface area contributed by atoms with Crippen molar-refractivity contribution in [2.75, 3.05) is 38.7 Å². The lowest BCUT2D eigenvalue weighted by atomic mass is 10.2. The summed E-state index contributed by atoms with van der Waals surface area (Å²) >= 11 is 3.27. The van der Waals surface area contributed by atoms with Gasteiger partial charge in [0.25, 0.3) is 0 Å². The third kappa shape index (κ3) is 10.4. The molecule has 37 heavy (non-hydrogen) atoms. The van der Waals surface area contributed by atoms with Crippen molar-refractivity contribution < 1.29 is 13.9 Å². The Bertz CT molecular complexity index is 1050. The summed E-state index contributed by atoms with van der Waals surface area (Å²) in [5, 5.41) is 3.77. The molecule has 0 aliphatic carbocycles. The highest BCUT2D eigenvalue weighted by Gasteiger charge is 2.14. The van der Waals surface area contributed by atoms with Crippen LogP contribution in [0.25, 0.3) is 10.9 Å². The van der Waals surface area contributed by atoms with Gasteiger partial charge in [0.05, 0.1) is 24.9 Å². The average Bonchev–Trinajstić information content (AvgIpc) is 3.44. The summed E-state index contributed by atoms with van der Waals surface area (Å²) in [5.74, 6) is 1.37. The van der Waals surface area contributed by atoms with E-state index in [0.717, 1.165) is 18.4 Å². The molecule has 3 aromatic rings. The predicted molar refractivity (Wildman–Crippen MR) is 158 cm³/mol. The largest absolute Gasteiger partial charge is 0.493 e. The van der Waals surface area contributed by atoms with E-state index in [1.54, 1.807) is 19.2 Å². The van der Waals surface area contributed by atoms with Crippen LogP contribution in [0.5, 0.6) is 11.5 Å². The van der Waals surface area contributed by atoms with Crippen LogP contribution >= 0.6 is 15.9 Å². The fourth-order valence-electron chi connectivity index (χ4n) is 3.63. The fraction of sp³-hybridized carbons (Fsp3) is 0.517. The van der Waals surface area contributed by atoms with Gasteiger partial charge in [-0.05, 0) is 56.6 Å². The van der Waals surface area contributed by atoms with Crippen LogP contribution in [0.4, 0.5) is 15.9 Å². The number of anilines is 2. The van der Waals surface area contributed by atoms with Crippen molar-refractivity contribution in [1.29, 1.82) is 0 Å². The molecule has 1 aliphatic heterocycles. The van der Waals surface area contributed by atoms with Crippen LogP contribution in [-0.4, -0.2) is 48.2 Å². The molecule has 0 radical (unpaired) electrons. The van der Waals surface area contributed by atoms with Crippen molar-refractivity contribution in [3.05, 3.63) is 46.9 Å². The highest BCUT2D eigenvalue weighted by molar-refractivity contribution is 9.10. The molecule has 2 aromatic carbocycles. The van der Waals surface area contributed by atoms with Crippen molar-refractivity contribution in [2.24, 2.45) is 0 Å². The quantitative estimate of drug-likeness (QED) is 0.270. The second-order valence-electron chi connectivity index (χ2n) is 7.95. The lowest BCUT2D eigenvalue weighted by molar-refractivity contribution is 0.254. The van der Waals surface area contributed by atoms with Crippen molar-refractivity contribution in [3.63, 3.8) is 0 Å². The molecule has 2 heterocycles. The van der Waals surface area contributed by atoms with Crippen LogP contribution in [-0.2, 0) is 0 Å². The summed E-state index contributed by atoms with van der Waals surface area (Å²) in [5.41, 5.74) is 1.03.